The number of hydrogen-bond donors (Lipinski definition) is 2. The third kappa shape index (κ3) is 4.61. The van der Waals surface area contributed by atoms with Crippen molar-refractivity contribution in [3.63, 3.8) is 0 Å². The Balaban J connectivity index is 1.08. The fourth-order valence-corrected chi connectivity index (χ4v) is 5.11. The molecule has 1 aliphatic carbocycles. The molecule has 39 heavy (non-hydrogen) atoms. The van der Waals surface area contributed by atoms with E-state index < -0.39 is 0 Å². The van der Waals surface area contributed by atoms with Crippen molar-refractivity contribution in [1.82, 2.24) is 35.2 Å². The van der Waals surface area contributed by atoms with E-state index in [0.717, 1.165) is 24.2 Å². The number of nitrogens with two attached hydrogens (primary N) is 1. The summed E-state index contributed by atoms with van der Waals surface area (Å²) < 4.78 is 5.89. The van der Waals surface area contributed by atoms with Crippen LogP contribution >= 0.6 is 0 Å². The summed E-state index contributed by atoms with van der Waals surface area (Å²) in [5.41, 5.74) is 10.00. The second-order valence-electron chi connectivity index (χ2n) is 10.1. The van der Waals surface area contributed by atoms with Crippen molar-refractivity contribution in [1.29, 1.82) is 0 Å². The Kier molecular flexibility index (Phi) is 5.77. The highest BCUT2D eigenvalue weighted by Gasteiger charge is 2.38. The van der Waals surface area contributed by atoms with Gasteiger partial charge in [0.05, 0.1) is 5.10 Å². The Bertz CT molecular complexity index is 1640. The van der Waals surface area contributed by atoms with Gasteiger partial charge in [-0.3, -0.25) is 14.7 Å². The zero-order valence-corrected chi connectivity index (χ0v) is 21.3. The number of nitrogen functional groups attached to an aromatic ring is 1. The lowest BCUT2D eigenvalue weighted by Crippen LogP contribution is -2.50. The van der Waals surface area contributed by atoms with Crippen molar-refractivity contribution in [2.75, 3.05) is 31.9 Å². The van der Waals surface area contributed by atoms with Gasteiger partial charge in [-0.25, -0.2) is 4.98 Å². The first kappa shape index (κ1) is 23.5. The average molecular weight is 523 g/mol. The minimum atomic E-state index is -0.113. The summed E-state index contributed by atoms with van der Waals surface area (Å²) in [7, 11) is 0. The van der Waals surface area contributed by atoms with Crippen LogP contribution in [0.1, 0.15) is 46.8 Å². The molecule has 2 fully saturated rings. The van der Waals surface area contributed by atoms with Gasteiger partial charge in [0, 0.05) is 43.6 Å². The second kappa shape index (κ2) is 9.59. The van der Waals surface area contributed by atoms with E-state index in [0.29, 0.717) is 66.2 Å². The number of H-pyrrole nitrogens is 1. The van der Waals surface area contributed by atoms with Crippen LogP contribution in [0.15, 0.2) is 71.3 Å². The number of tetrazole rings is 1. The molecule has 11 nitrogen and oxygen atoms in total. The number of aromatic amines is 1. The fourth-order valence-electron chi connectivity index (χ4n) is 5.11. The molecule has 0 bridgehead atoms. The first-order chi connectivity index (χ1) is 19.1. The van der Waals surface area contributed by atoms with Gasteiger partial charge in [0.2, 0.25) is 5.89 Å². The van der Waals surface area contributed by atoms with Gasteiger partial charge in [-0.05, 0) is 59.0 Å². The molecule has 1 atom stereocenters. The van der Waals surface area contributed by atoms with E-state index in [4.69, 9.17) is 15.2 Å². The van der Waals surface area contributed by atoms with Crippen LogP contribution in [0.5, 0.6) is 0 Å². The molecule has 5 aromatic rings. The number of carbonyl (C=O) groups excluding carboxylic acids is 1. The van der Waals surface area contributed by atoms with Gasteiger partial charge in [0.25, 0.3) is 5.91 Å². The Morgan fingerprint density at radius 1 is 1.05 bits per heavy atom. The second-order valence-corrected chi connectivity index (χ2v) is 10.1. The molecule has 0 spiro atoms. The lowest BCUT2D eigenvalue weighted by Gasteiger charge is -2.37. The number of oxazole rings is 1. The van der Waals surface area contributed by atoms with Crippen LogP contribution in [0.3, 0.4) is 0 Å². The van der Waals surface area contributed by atoms with Gasteiger partial charge in [-0.2, -0.15) is 0 Å². The minimum absolute atomic E-state index is 0.0886. The van der Waals surface area contributed by atoms with Gasteiger partial charge >= 0.3 is 5.82 Å². The maximum atomic E-state index is 13.4. The number of amides is 1. The highest BCUT2D eigenvalue weighted by Crippen LogP contribution is 2.30. The van der Waals surface area contributed by atoms with Gasteiger partial charge in [-0.15, -0.1) is 0 Å². The number of piperazine rings is 1. The van der Waals surface area contributed by atoms with Gasteiger partial charge < -0.3 is 15.1 Å². The van der Waals surface area contributed by atoms with Crippen LogP contribution in [-0.2, 0) is 0 Å². The molecule has 7 rings (SSSR count). The molecule has 1 saturated heterocycles. The topological polar surface area (TPSA) is 134 Å². The summed E-state index contributed by atoms with van der Waals surface area (Å²) in [5, 5.41) is 12.4. The maximum absolute atomic E-state index is 13.4. The normalized spacial score (nSPS) is 17.0. The molecule has 1 amide bonds. The van der Waals surface area contributed by atoms with Gasteiger partial charge in [0.15, 0.2) is 5.58 Å². The quantitative estimate of drug-likeness (QED) is 0.257. The van der Waals surface area contributed by atoms with Gasteiger partial charge in [-0.1, -0.05) is 35.1 Å². The zero-order valence-electron chi connectivity index (χ0n) is 21.3. The Morgan fingerprint density at radius 2 is 1.87 bits per heavy atom. The van der Waals surface area contributed by atoms with E-state index in [2.05, 4.69) is 37.3 Å². The number of nitrogens with one attached hydrogen (secondary N) is 1. The predicted octanol–water partition coefficient (Wildman–Crippen LogP) is 2.76. The molecule has 1 saturated carbocycles. The zero-order chi connectivity index (χ0) is 26.3. The van der Waals surface area contributed by atoms with E-state index in [1.165, 1.54) is 0 Å². The van der Waals surface area contributed by atoms with Crippen molar-refractivity contribution < 1.29 is 14.0 Å². The van der Waals surface area contributed by atoms with E-state index in [9.17, 15) is 4.79 Å². The lowest BCUT2D eigenvalue weighted by molar-refractivity contribution is -0.808. The van der Waals surface area contributed by atoms with Crippen LogP contribution < -0.4 is 10.5 Å². The van der Waals surface area contributed by atoms with Crippen LogP contribution in [0.4, 0.5) is 5.69 Å². The molecule has 11 heteroatoms. The number of anilines is 1. The minimum Gasteiger partial charge on any atom is -0.436 e. The summed E-state index contributed by atoms with van der Waals surface area (Å²) >= 11 is 0. The largest absolute Gasteiger partial charge is 0.436 e. The number of hydrogen-bond acceptors (Lipinski definition) is 8. The first-order valence-electron chi connectivity index (χ1n) is 13.2. The predicted molar refractivity (Wildman–Crippen MR) is 142 cm³/mol. The molecule has 4 heterocycles. The monoisotopic (exact) mass is 522 g/mol. The van der Waals surface area contributed by atoms with Crippen molar-refractivity contribution in [2.45, 2.75) is 24.9 Å². The number of nitrogens with zero attached hydrogens (tertiary/aromatic N) is 7. The molecule has 2 aromatic carbocycles. The third-order valence-corrected chi connectivity index (χ3v) is 7.33. The van der Waals surface area contributed by atoms with Crippen LogP contribution in [0.25, 0.3) is 22.6 Å². The summed E-state index contributed by atoms with van der Waals surface area (Å²) in [5.74, 6) is 1.07. The third-order valence-electron chi connectivity index (χ3n) is 7.33. The molecule has 3 N–H and O–H groups in total. The standard InChI is InChI=1S/C28H27N9O2/c29-20-6-9-24-22(17-20)31-27(39-24)19-10-11-30-23(16-19)28(38)36-14-12-35(13-15-36)25(18-4-2-1-3-5-18)26-32-34-37(33-26)21-7-8-21/h1-6,9-11,16-17,21,25H,7-8,12-15,29H2/p+1. The molecule has 1 unspecified atom stereocenters. The molecular formula is C28H28N9O2+. The van der Waals surface area contributed by atoms with Crippen LogP contribution in [-0.4, -0.2) is 67.3 Å². The number of benzene rings is 2. The van der Waals surface area contributed by atoms with Crippen molar-refractivity contribution >= 4 is 22.7 Å². The molecule has 0 radical (unpaired) electrons. The van der Waals surface area contributed by atoms with E-state index in [1.54, 1.807) is 36.5 Å². The van der Waals surface area contributed by atoms with Gasteiger partial charge in [0.1, 0.15) is 23.3 Å². The Labute approximate surface area is 224 Å². The molecule has 1 aliphatic heterocycles. The van der Waals surface area contributed by atoms with E-state index in [1.807, 2.05) is 27.9 Å². The summed E-state index contributed by atoms with van der Waals surface area (Å²) in [6.07, 6.45) is 3.88. The van der Waals surface area contributed by atoms with E-state index in [-0.39, 0.29) is 11.9 Å². The van der Waals surface area contributed by atoms with E-state index >= 15 is 0 Å². The molecule has 2 aliphatic rings. The summed E-state index contributed by atoms with van der Waals surface area (Å²) in [4.78, 5) is 28.4. The maximum Gasteiger partial charge on any atom is 0.329 e. The van der Waals surface area contributed by atoms with Crippen LogP contribution in [0.2, 0.25) is 0 Å². The fraction of sp³-hybridized carbons (Fsp3) is 0.286. The Morgan fingerprint density at radius 3 is 2.67 bits per heavy atom. The smallest absolute Gasteiger partial charge is 0.329 e. The highest BCUT2D eigenvalue weighted by atomic mass is 16.3. The highest BCUT2D eigenvalue weighted by molar-refractivity contribution is 5.93. The molecular weight excluding hydrogens is 494 g/mol. The molecule has 196 valence electrons. The van der Waals surface area contributed by atoms with Crippen molar-refractivity contribution in [3.05, 3.63) is 83.9 Å². The molecule has 3 aromatic heterocycles. The first-order valence-corrected chi connectivity index (χ1v) is 13.2. The van der Waals surface area contributed by atoms with Crippen molar-refractivity contribution in [3.8, 4) is 11.5 Å². The summed E-state index contributed by atoms with van der Waals surface area (Å²) in [6, 6.07) is 19.5. The van der Waals surface area contributed by atoms with Crippen molar-refractivity contribution in [2.24, 2.45) is 0 Å². The number of carbonyl (C=O) groups is 1. The Hall–Kier alpha value is -4.64. The number of fused-ring (bicyclic) bond motifs is 1. The number of aromatic nitrogens is 6. The lowest BCUT2D eigenvalue weighted by atomic mass is 10.0. The SMILES string of the molecule is Nc1ccc2oc(-c3ccnc(C(=O)N4CCN(C(c5ccccc5)c5n[nH][n+](C6CC6)n5)CC4)c3)nc2c1. The van der Waals surface area contributed by atoms with Crippen LogP contribution in [0, 0.1) is 0 Å². The summed E-state index contributed by atoms with van der Waals surface area (Å²) in [6.45, 7) is 2.53. The average Bonchev–Trinajstić information content (AvgIpc) is 3.56. The number of pyridine rings is 1. The number of rotatable bonds is 6.